The molecular weight excluding hydrogens is 252 g/mol. The zero-order valence-corrected chi connectivity index (χ0v) is 11.7. The van der Waals surface area contributed by atoms with Crippen LogP contribution in [0.5, 0.6) is 5.75 Å². The molecule has 0 fully saturated rings. The van der Waals surface area contributed by atoms with Crippen molar-refractivity contribution in [2.24, 2.45) is 5.73 Å². The maximum Gasteiger partial charge on any atom is 0.250 e. The zero-order valence-electron chi connectivity index (χ0n) is 11.7. The molecule has 0 saturated carbocycles. The predicted molar refractivity (Wildman–Crippen MR) is 77.9 cm³/mol. The van der Waals surface area contributed by atoms with Crippen LogP contribution in [0.15, 0.2) is 36.7 Å². The largest absolute Gasteiger partial charge is 0.493 e. The molecule has 0 radical (unpaired) electrons. The Morgan fingerprint density at radius 2 is 2.00 bits per heavy atom. The quantitative estimate of drug-likeness (QED) is 0.907. The summed E-state index contributed by atoms with van der Waals surface area (Å²) in [5, 5.41) is 0. The third-order valence-electron chi connectivity index (χ3n) is 3.22. The number of nitrogens with two attached hydrogens (primary N) is 1. The number of ether oxygens (including phenoxy) is 1. The molecule has 0 aliphatic rings. The molecule has 1 aromatic heterocycles. The highest BCUT2D eigenvalue weighted by Gasteiger charge is 2.03. The molecule has 104 valence electrons. The Morgan fingerprint density at radius 3 is 2.70 bits per heavy atom. The molecule has 4 nitrogen and oxygen atoms in total. The van der Waals surface area contributed by atoms with E-state index in [-0.39, 0.29) is 0 Å². The van der Waals surface area contributed by atoms with Gasteiger partial charge >= 0.3 is 0 Å². The number of hydrogen-bond acceptors (Lipinski definition) is 3. The molecule has 2 rings (SSSR count). The Morgan fingerprint density at radius 1 is 1.20 bits per heavy atom. The molecule has 1 heterocycles. The summed E-state index contributed by atoms with van der Waals surface area (Å²) in [6.07, 6.45) is 3.87. The van der Waals surface area contributed by atoms with Crippen molar-refractivity contribution in [3.63, 3.8) is 0 Å². The molecule has 1 amide bonds. The van der Waals surface area contributed by atoms with Gasteiger partial charge in [0.25, 0.3) is 0 Å². The van der Waals surface area contributed by atoms with Crippen molar-refractivity contribution in [1.82, 2.24) is 4.98 Å². The van der Waals surface area contributed by atoms with Crippen molar-refractivity contribution in [1.29, 1.82) is 0 Å². The molecule has 0 bridgehead atoms. The summed E-state index contributed by atoms with van der Waals surface area (Å²) in [5.74, 6) is 0.390. The van der Waals surface area contributed by atoms with Gasteiger partial charge in [0, 0.05) is 18.8 Å². The second kappa shape index (κ2) is 6.19. The van der Waals surface area contributed by atoms with Gasteiger partial charge in [-0.1, -0.05) is 6.07 Å². The minimum atomic E-state index is -0.463. The third kappa shape index (κ3) is 3.57. The van der Waals surface area contributed by atoms with Gasteiger partial charge in [-0.3, -0.25) is 9.78 Å². The smallest absolute Gasteiger partial charge is 0.250 e. The molecule has 1 aromatic carbocycles. The Labute approximate surface area is 118 Å². The molecule has 2 aromatic rings. The first kappa shape index (κ1) is 14.1. The lowest BCUT2D eigenvalue weighted by atomic mass is 10.1. The number of pyridine rings is 1. The standard InChI is InChI=1S/C16H18N2O2/c1-11-3-4-15(7-12(11)2)20-6-5-13-8-14(16(17)19)10-18-9-13/h3-4,7-10H,5-6H2,1-2H3,(H2,17,19). The fraction of sp³-hybridized carbons (Fsp3) is 0.250. The van der Waals surface area contributed by atoms with Gasteiger partial charge in [-0.25, -0.2) is 0 Å². The highest BCUT2D eigenvalue weighted by Crippen LogP contribution is 2.16. The van der Waals surface area contributed by atoms with Crippen LogP contribution in [-0.4, -0.2) is 17.5 Å². The summed E-state index contributed by atoms with van der Waals surface area (Å²) in [5.41, 5.74) is 9.04. The van der Waals surface area contributed by atoms with Crippen LogP contribution in [0.4, 0.5) is 0 Å². The number of hydrogen-bond donors (Lipinski definition) is 1. The maximum atomic E-state index is 11.1. The van der Waals surface area contributed by atoms with Gasteiger partial charge in [-0.2, -0.15) is 0 Å². The van der Waals surface area contributed by atoms with E-state index in [9.17, 15) is 4.79 Å². The second-order valence-electron chi connectivity index (χ2n) is 4.79. The number of aryl methyl sites for hydroxylation is 2. The molecule has 0 spiro atoms. The Kier molecular flexibility index (Phi) is 4.35. The van der Waals surface area contributed by atoms with Gasteiger partial charge in [0.15, 0.2) is 0 Å². The average Bonchev–Trinajstić information content (AvgIpc) is 2.43. The molecule has 0 saturated heterocycles. The van der Waals surface area contributed by atoms with Crippen molar-refractivity contribution in [3.05, 3.63) is 58.9 Å². The first-order valence-corrected chi connectivity index (χ1v) is 6.50. The maximum absolute atomic E-state index is 11.1. The number of amides is 1. The van der Waals surface area contributed by atoms with Crippen molar-refractivity contribution >= 4 is 5.91 Å². The van der Waals surface area contributed by atoms with Crippen LogP contribution in [0.3, 0.4) is 0 Å². The molecule has 0 aliphatic carbocycles. The van der Waals surface area contributed by atoms with Gasteiger partial charge in [-0.15, -0.1) is 0 Å². The molecule has 0 aliphatic heterocycles. The van der Waals surface area contributed by atoms with Crippen molar-refractivity contribution in [2.75, 3.05) is 6.61 Å². The fourth-order valence-electron chi connectivity index (χ4n) is 1.85. The predicted octanol–water partition coefficient (Wildman–Crippen LogP) is 2.42. The average molecular weight is 270 g/mol. The van der Waals surface area contributed by atoms with Crippen molar-refractivity contribution < 1.29 is 9.53 Å². The van der Waals surface area contributed by atoms with Crippen LogP contribution >= 0.6 is 0 Å². The van der Waals surface area contributed by atoms with Crippen LogP contribution in [-0.2, 0) is 6.42 Å². The van der Waals surface area contributed by atoms with E-state index in [1.54, 1.807) is 12.3 Å². The summed E-state index contributed by atoms with van der Waals surface area (Å²) in [7, 11) is 0. The van der Waals surface area contributed by atoms with E-state index in [2.05, 4.69) is 18.8 Å². The van der Waals surface area contributed by atoms with Crippen LogP contribution in [0.1, 0.15) is 27.0 Å². The minimum Gasteiger partial charge on any atom is -0.493 e. The van der Waals surface area contributed by atoms with Gasteiger partial charge < -0.3 is 10.5 Å². The van der Waals surface area contributed by atoms with E-state index in [0.29, 0.717) is 18.6 Å². The number of primary amides is 1. The monoisotopic (exact) mass is 270 g/mol. The van der Waals surface area contributed by atoms with Crippen LogP contribution in [0, 0.1) is 13.8 Å². The van der Waals surface area contributed by atoms with E-state index >= 15 is 0 Å². The van der Waals surface area contributed by atoms with Gasteiger partial charge in [0.2, 0.25) is 5.91 Å². The van der Waals surface area contributed by atoms with Gasteiger partial charge in [0.1, 0.15) is 5.75 Å². The lowest BCUT2D eigenvalue weighted by Crippen LogP contribution is -2.12. The SMILES string of the molecule is Cc1ccc(OCCc2cncc(C(N)=O)c2)cc1C. The number of nitrogens with zero attached hydrogens (tertiary/aromatic N) is 1. The van der Waals surface area contributed by atoms with E-state index < -0.39 is 5.91 Å². The van der Waals surface area contributed by atoms with Crippen LogP contribution in [0.25, 0.3) is 0 Å². The van der Waals surface area contributed by atoms with Gasteiger partial charge in [-0.05, 0) is 48.7 Å². The van der Waals surface area contributed by atoms with Gasteiger partial charge in [0.05, 0.1) is 12.2 Å². The van der Waals surface area contributed by atoms with E-state index in [0.717, 1.165) is 11.3 Å². The lowest BCUT2D eigenvalue weighted by Gasteiger charge is -2.08. The zero-order chi connectivity index (χ0) is 14.5. The Bertz CT molecular complexity index is 624. The lowest BCUT2D eigenvalue weighted by molar-refractivity contribution is 0.1000. The van der Waals surface area contributed by atoms with E-state index in [1.165, 1.54) is 17.3 Å². The summed E-state index contributed by atoms with van der Waals surface area (Å²) in [6, 6.07) is 7.77. The van der Waals surface area contributed by atoms with E-state index in [1.807, 2.05) is 18.2 Å². The summed E-state index contributed by atoms with van der Waals surface area (Å²) >= 11 is 0. The topological polar surface area (TPSA) is 65.2 Å². The summed E-state index contributed by atoms with van der Waals surface area (Å²) in [6.45, 7) is 4.66. The normalized spacial score (nSPS) is 10.3. The first-order valence-electron chi connectivity index (χ1n) is 6.50. The number of carbonyl (C=O) groups excluding carboxylic acids is 1. The number of rotatable bonds is 5. The molecule has 0 atom stereocenters. The summed E-state index contributed by atoms with van der Waals surface area (Å²) in [4.78, 5) is 15.1. The molecular formula is C16H18N2O2. The highest BCUT2D eigenvalue weighted by atomic mass is 16.5. The Balaban J connectivity index is 1.94. The van der Waals surface area contributed by atoms with Crippen molar-refractivity contribution in [2.45, 2.75) is 20.3 Å². The number of benzene rings is 1. The molecule has 4 heteroatoms. The van der Waals surface area contributed by atoms with E-state index in [4.69, 9.17) is 10.5 Å². The summed E-state index contributed by atoms with van der Waals surface area (Å²) < 4.78 is 5.70. The number of aromatic nitrogens is 1. The Hall–Kier alpha value is -2.36. The molecule has 20 heavy (non-hydrogen) atoms. The highest BCUT2D eigenvalue weighted by molar-refractivity contribution is 5.92. The minimum absolute atomic E-state index is 0.425. The van der Waals surface area contributed by atoms with Crippen LogP contribution in [0.2, 0.25) is 0 Å². The molecule has 2 N–H and O–H groups in total. The van der Waals surface area contributed by atoms with Crippen molar-refractivity contribution in [3.8, 4) is 5.75 Å². The number of carbonyl (C=O) groups is 1. The molecule has 0 unspecified atom stereocenters. The van der Waals surface area contributed by atoms with Crippen LogP contribution < -0.4 is 10.5 Å². The second-order valence-corrected chi connectivity index (χ2v) is 4.79. The fourth-order valence-corrected chi connectivity index (χ4v) is 1.85. The first-order chi connectivity index (χ1) is 9.56. The third-order valence-corrected chi connectivity index (χ3v) is 3.22.